The molecule has 0 bridgehead atoms. The van der Waals surface area contributed by atoms with Gasteiger partial charge < -0.3 is 0 Å². The molecule has 0 aliphatic carbocycles. The zero-order valence-corrected chi connectivity index (χ0v) is 11.4. The van der Waals surface area contributed by atoms with Crippen LogP contribution in [0.15, 0.2) is 32.7 Å². The van der Waals surface area contributed by atoms with Gasteiger partial charge in [0.1, 0.15) is 0 Å². The summed E-state index contributed by atoms with van der Waals surface area (Å²) in [6.07, 6.45) is -0.713. The van der Waals surface area contributed by atoms with Crippen LogP contribution in [0.1, 0.15) is 24.1 Å². The first-order valence-electron chi connectivity index (χ1n) is 5.37. The maximum absolute atomic E-state index is 12.7. The second kappa shape index (κ2) is 4.86. The summed E-state index contributed by atoms with van der Waals surface area (Å²) in [5, 5.41) is 13.7. The van der Waals surface area contributed by atoms with Crippen LogP contribution in [0.2, 0.25) is 0 Å². The Labute approximate surface area is 115 Å². The highest BCUT2D eigenvalue weighted by molar-refractivity contribution is 8.04. The second-order valence-corrected chi connectivity index (χ2v) is 5.75. The summed E-state index contributed by atoms with van der Waals surface area (Å²) >= 11 is 2.90. The van der Waals surface area contributed by atoms with Crippen molar-refractivity contribution in [2.24, 2.45) is 5.10 Å². The summed E-state index contributed by atoms with van der Waals surface area (Å²) in [5.74, 6) is -0.419. The standard InChI is InChI=1S/C11H8F2N4S2/c1-6-8(5-7-3-2-4-18-7)19-11-15-14-10(9(12)13)17(11)16-6/h2-5,9H,1H3/b8-5-. The highest BCUT2D eigenvalue weighted by Crippen LogP contribution is 2.34. The molecule has 1 aliphatic heterocycles. The largest absolute Gasteiger partial charge is 0.299 e. The van der Waals surface area contributed by atoms with E-state index in [1.165, 1.54) is 11.8 Å². The van der Waals surface area contributed by atoms with Gasteiger partial charge in [0.25, 0.3) is 6.43 Å². The predicted octanol–water partition coefficient (Wildman–Crippen LogP) is 3.65. The number of thiophene rings is 1. The first kappa shape index (κ1) is 12.5. The van der Waals surface area contributed by atoms with Crippen molar-refractivity contribution in [1.82, 2.24) is 14.9 Å². The van der Waals surface area contributed by atoms with Crippen LogP contribution in [0.3, 0.4) is 0 Å². The van der Waals surface area contributed by atoms with Crippen LogP contribution in [0.5, 0.6) is 0 Å². The first-order chi connectivity index (χ1) is 9.15. The van der Waals surface area contributed by atoms with Crippen LogP contribution < -0.4 is 0 Å². The third-order valence-electron chi connectivity index (χ3n) is 2.46. The van der Waals surface area contributed by atoms with Crippen molar-refractivity contribution in [1.29, 1.82) is 0 Å². The SMILES string of the molecule is CC1=Nn2c(nnc2C(F)F)S/C1=C\c1cccs1. The Bertz CT molecular complexity index is 658. The lowest BCUT2D eigenvalue weighted by molar-refractivity contribution is 0.135. The zero-order chi connectivity index (χ0) is 13.4. The number of alkyl halides is 2. The van der Waals surface area contributed by atoms with E-state index in [-0.39, 0.29) is 0 Å². The van der Waals surface area contributed by atoms with Crippen molar-refractivity contribution >= 4 is 34.9 Å². The molecular weight excluding hydrogens is 290 g/mol. The summed E-state index contributed by atoms with van der Waals surface area (Å²) in [6.45, 7) is 1.78. The number of aromatic nitrogens is 3. The Kier molecular flexibility index (Phi) is 3.19. The maximum atomic E-state index is 12.7. The third kappa shape index (κ3) is 2.33. The fraction of sp³-hybridized carbons (Fsp3) is 0.182. The van der Waals surface area contributed by atoms with Crippen LogP contribution in [0, 0.1) is 0 Å². The van der Waals surface area contributed by atoms with Crippen molar-refractivity contribution < 1.29 is 8.78 Å². The summed E-state index contributed by atoms with van der Waals surface area (Å²) < 4.78 is 26.5. The quantitative estimate of drug-likeness (QED) is 0.850. The number of hydrogen-bond donors (Lipinski definition) is 0. The average molecular weight is 298 g/mol. The van der Waals surface area contributed by atoms with Crippen LogP contribution in [0.4, 0.5) is 8.78 Å². The first-order valence-corrected chi connectivity index (χ1v) is 7.07. The summed E-state index contributed by atoms with van der Waals surface area (Å²) in [4.78, 5) is 1.97. The van der Waals surface area contributed by atoms with Gasteiger partial charge in [-0.15, -0.1) is 21.5 Å². The van der Waals surface area contributed by atoms with Crippen LogP contribution in [-0.4, -0.2) is 20.6 Å². The molecular formula is C11H8F2N4S2. The fourth-order valence-corrected chi connectivity index (χ4v) is 3.18. The Morgan fingerprint density at radius 2 is 2.21 bits per heavy atom. The van der Waals surface area contributed by atoms with Gasteiger partial charge in [-0.05, 0) is 36.2 Å². The molecule has 0 radical (unpaired) electrons. The van der Waals surface area contributed by atoms with Crippen molar-refractivity contribution in [3.63, 3.8) is 0 Å². The number of rotatable bonds is 2. The van der Waals surface area contributed by atoms with E-state index >= 15 is 0 Å². The lowest BCUT2D eigenvalue weighted by Gasteiger charge is -2.13. The van der Waals surface area contributed by atoms with Crippen molar-refractivity contribution in [3.05, 3.63) is 33.1 Å². The normalized spacial score (nSPS) is 16.8. The maximum Gasteiger partial charge on any atom is 0.299 e. The van der Waals surface area contributed by atoms with Gasteiger partial charge in [-0.1, -0.05) is 6.07 Å². The highest BCUT2D eigenvalue weighted by atomic mass is 32.2. The Morgan fingerprint density at radius 1 is 1.37 bits per heavy atom. The number of fused-ring (bicyclic) bond motifs is 1. The Balaban J connectivity index is 2.00. The van der Waals surface area contributed by atoms with E-state index in [2.05, 4.69) is 15.3 Å². The molecule has 4 nitrogen and oxygen atoms in total. The molecule has 0 saturated heterocycles. The fourth-order valence-electron chi connectivity index (χ4n) is 1.58. The molecule has 0 spiro atoms. The molecule has 0 unspecified atom stereocenters. The van der Waals surface area contributed by atoms with Gasteiger partial charge in [0, 0.05) is 9.78 Å². The van der Waals surface area contributed by atoms with Gasteiger partial charge in [-0.2, -0.15) is 9.78 Å². The van der Waals surface area contributed by atoms with Crippen molar-refractivity contribution in [3.8, 4) is 0 Å². The number of allylic oxidation sites excluding steroid dienone is 1. The lowest BCUT2D eigenvalue weighted by atomic mass is 10.3. The smallest absolute Gasteiger partial charge is 0.201 e. The van der Waals surface area contributed by atoms with E-state index in [1.54, 1.807) is 18.3 Å². The monoisotopic (exact) mass is 298 g/mol. The van der Waals surface area contributed by atoms with Gasteiger partial charge in [-0.3, -0.25) is 0 Å². The van der Waals surface area contributed by atoms with E-state index in [9.17, 15) is 8.78 Å². The van der Waals surface area contributed by atoms with Gasteiger partial charge in [-0.25, -0.2) is 8.78 Å². The van der Waals surface area contributed by atoms with Crippen LogP contribution in [0.25, 0.3) is 6.08 Å². The summed E-state index contributed by atoms with van der Waals surface area (Å²) in [6, 6.07) is 3.93. The minimum atomic E-state index is -2.68. The summed E-state index contributed by atoms with van der Waals surface area (Å²) in [5.41, 5.74) is 0.674. The highest BCUT2D eigenvalue weighted by Gasteiger charge is 2.25. The van der Waals surface area contributed by atoms with Crippen LogP contribution in [-0.2, 0) is 0 Å². The molecule has 0 fully saturated rings. The number of nitrogens with zero attached hydrogens (tertiary/aromatic N) is 4. The van der Waals surface area contributed by atoms with Gasteiger partial charge in [0.15, 0.2) is 0 Å². The van der Waals surface area contributed by atoms with Crippen molar-refractivity contribution in [2.45, 2.75) is 18.5 Å². The molecule has 98 valence electrons. The molecule has 1 aliphatic rings. The average Bonchev–Trinajstić information content (AvgIpc) is 2.98. The molecule has 3 heterocycles. The Hall–Kier alpha value is -1.54. The Morgan fingerprint density at radius 3 is 2.89 bits per heavy atom. The second-order valence-electron chi connectivity index (χ2n) is 3.76. The van der Waals surface area contributed by atoms with E-state index in [1.807, 2.05) is 23.6 Å². The molecule has 3 rings (SSSR count). The number of thioether (sulfide) groups is 1. The molecule has 2 aromatic rings. The molecule has 0 amide bonds. The van der Waals surface area contributed by atoms with Crippen LogP contribution >= 0.6 is 23.1 Å². The third-order valence-corrected chi connectivity index (χ3v) is 4.35. The minimum Gasteiger partial charge on any atom is -0.201 e. The molecule has 0 saturated carbocycles. The molecule has 2 aromatic heterocycles. The summed E-state index contributed by atoms with van der Waals surface area (Å²) in [7, 11) is 0. The number of halogens is 2. The topological polar surface area (TPSA) is 43.1 Å². The molecule has 0 N–H and O–H groups in total. The van der Waals surface area contributed by atoms with E-state index in [0.29, 0.717) is 10.9 Å². The molecule has 0 aromatic carbocycles. The van der Waals surface area contributed by atoms with E-state index < -0.39 is 12.2 Å². The lowest BCUT2D eigenvalue weighted by Crippen LogP contribution is -2.09. The minimum absolute atomic E-state index is 0.365. The molecule has 8 heteroatoms. The predicted molar refractivity (Wildman–Crippen MR) is 71.6 cm³/mol. The van der Waals surface area contributed by atoms with Gasteiger partial charge in [0.05, 0.1) is 5.71 Å². The van der Waals surface area contributed by atoms with E-state index in [4.69, 9.17) is 0 Å². The van der Waals surface area contributed by atoms with Crippen molar-refractivity contribution in [2.75, 3.05) is 0 Å². The van der Waals surface area contributed by atoms with E-state index in [0.717, 1.165) is 14.5 Å². The molecule has 0 atom stereocenters. The number of hydrogen-bond acceptors (Lipinski definition) is 5. The van der Waals surface area contributed by atoms with Gasteiger partial charge >= 0.3 is 0 Å². The molecule has 19 heavy (non-hydrogen) atoms. The zero-order valence-electron chi connectivity index (χ0n) is 9.75. The van der Waals surface area contributed by atoms with Gasteiger partial charge in [0.2, 0.25) is 11.0 Å².